The van der Waals surface area contributed by atoms with Crippen LogP contribution >= 0.6 is 0 Å². The minimum absolute atomic E-state index is 0.477. The summed E-state index contributed by atoms with van der Waals surface area (Å²) in [6.07, 6.45) is 7.84. The first-order valence-corrected chi connectivity index (χ1v) is 10.5. The van der Waals surface area contributed by atoms with Crippen LogP contribution < -0.4 is 10.1 Å². The van der Waals surface area contributed by atoms with Crippen LogP contribution in [0.4, 0.5) is 5.82 Å². The smallest absolute Gasteiger partial charge is 0.263 e. The van der Waals surface area contributed by atoms with Gasteiger partial charge in [-0.15, -0.1) is 0 Å². The minimum atomic E-state index is 0.477. The van der Waals surface area contributed by atoms with Crippen molar-refractivity contribution in [1.82, 2.24) is 20.0 Å². The lowest BCUT2D eigenvalue weighted by molar-refractivity contribution is 0.144. The van der Waals surface area contributed by atoms with E-state index in [9.17, 15) is 0 Å². The van der Waals surface area contributed by atoms with Crippen LogP contribution in [-0.2, 0) is 0 Å². The van der Waals surface area contributed by atoms with Gasteiger partial charge in [-0.1, -0.05) is 30.6 Å². The summed E-state index contributed by atoms with van der Waals surface area (Å²) in [4.78, 5) is 11.3. The highest BCUT2D eigenvalue weighted by Crippen LogP contribution is 2.36. The van der Waals surface area contributed by atoms with Crippen LogP contribution in [0, 0.1) is 0 Å². The Morgan fingerprint density at radius 1 is 1.24 bits per heavy atom. The molecule has 154 valence electrons. The van der Waals surface area contributed by atoms with Crippen molar-refractivity contribution in [2.45, 2.75) is 45.1 Å². The highest BCUT2D eigenvalue weighted by molar-refractivity contribution is 5.98. The number of methoxy groups -OCH3 is 1. The zero-order chi connectivity index (χ0) is 20.1. The summed E-state index contributed by atoms with van der Waals surface area (Å²) in [6, 6.07) is 8.51. The van der Waals surface area contributed by atoms with Crippen molar-refractivity contribution in [3.05, 3.63) is 30.6 Å². The van der Waals surface area contributed by atoms with Gasteiger partial charge in [0.2, 0.25) is 0 Å². The third-order valence-corrected chi connectivity index (χ3v) is 5.77. The molecule has 1 atom stereocenters. The fourth-order valence-electron chi connectivity index (χ4n) is 4.25. The van der Waals surface area contributed by atoms with Crippen molar-refractivity contribution in [2.75, 3.05) is 32.1 Å². The van der Waals surface area contributed by atoms with Crippen LogP contribution in [0.5, 0.6) is 5.75 Å². The van der Waals surface area contributed by atoms with Gasteiger partial charge in [0.1, 0.15) is 29.0 Å². The van der Waals surface area contributed by atoms with Crippen LogP contribution in [0.3, 0.4) is 0 Å². The number of nitrogens with zero attached hydrogens (tertiary/aromatic N) is 4. The van der Waals surface area contributed by atoms with Crippen molar-refractivity contribution < 1.29 is 9.26 Å². The number of benzene rings is 1. The summed E-state index contributed by atoms with van der Waals surface area (Å²) < 4.78 is 11.0. The first-order chi connectivity index (χ1) is 14.3. The molecule has 1 unspecified atom stereocenters. The number of rotatable bonds is 8. The van der Waals surface area contributed by atoms with E-state index < -0.39 is 0 Å². The average Bonchev–Trinajstić information content (AvgIpc) is 3.21. The van der Waals surface area contributed by atoms with E-state index in [1.54, 1.807) is 7.11 Å². The standard InChI is InChI=1S/C22H29N5O2/c1-3-16-9-6-7-13-27(16)14-8-12-23-21-19-20(26-29-22(19)25-15-24-21)17-10-4-5-11-18(17)28-2/h4-5,10-11,15-16H,3,6-9,12-14H2,1-2H3,(H,23,24,25). The predicted octanol–water partition coefficient (Wildman–Crippen LogP) is 4.36. The van der Waals surface area contributed by atoms with E-state index in [-0.39, 0.29) is 0 Å². The fourth-order valence-corrected chi connectivity index (χ4v) is 4.25. The Balaban J connectivity index is 1.49. The largest absolute Gasteiger partial charge is 0.496 e. The molecule has 1 saturated heterocycles. The number of nitrogens with one attached hydrogen (secondary N) is 1. The van der Waals surface area contributed by atoms with Gasteiger partial charge in [-0.25, -0.2) is 4.98 Å². The van der Waals surface area contributed by atoms with Gasteiger partial charge in [0, 0.05) is 24.7 Å². The van der Waals surface area contributed by atoms with E-state index in [1.807, 2.05) is 24.3 Å². The number of para-hydroxylation sites is 1. The van der Waals surface area contributed by atoms with Gasteiger partial charge in [-0.2, -0.15) is 4.98 Å². The van der Waals surface area contributed by atoms with Crippen molar-refractivity contribution in [3.8, 4) is 17.0 Å². The van der Waals surface area contributed by atoms with E-state index in [0.717, 1.165) is 48.1 Å². The second-order valence-electron chi connectivity index (χ2n) is 7.51. The maximum Gasteiger partial charge on any atom is 0.263 e. The van der Waals surface area contributed by atoms with Crippen LogP contribution in [0.1, 0.15) is 39.0 Å². The topological polar surface area (TPSA) is 76.3 Å². The van der Waals surface area contributed by atoms with Crippen molar-refractivity contribution in [3.63, 3.8) is 0 Å². The highest BCUT2D eigenvalue weighted by atomic mass is 16.5. The molecule has 0 aliphatic carbocycles. The molecule has 7 heteroatoms. The Labute approximate surface area is 171 Å². The van der Waals surface area contributed by atoms with Gasteiger partial charge >= 0.3 is 0 Å². The number of hydrogen-bond acceptors (Lipinski definition) is 7. The summed E-state index contributed by atoms with van der Waals surface area (Å²) in [5, 5.41) is 8.52. The predicted molar refractivity (Wildman–Crippen MR) is 114 cm³/mol. The van der Waals surface area contributed by atoms with Gasteiger partial charge in [-0.3, -0.25) is 0 Å². The Morgan fingerprint density at radius 2 is 2.14 bits per heavy atom. The quantitative estimate of drug-likeness (QED) is 0.568. The molecule has 3 aromatic rings. The maximum absolute atomic E-state index is 5.50. The van der Waals surface area contributed by atoms with Crippen LogP contribution in [0.2, 0.25) is 0 Å². The Bertz CT molecular complexity index is 942. The molecular weight excluding hydrogens is 366 g/mol. The maximum atomic E-state index is 5.50. The van der Waals surface area contributed by atoms with Crippen molar-refractivity contribution in [1.29, 1.82) is 0 Å². The lowest BCUT2D eigenvalue weighted by Crippen LogP contribution is -2.40. The highest BCUT2D eigenvalue weighted by Gasteiger charge is 2.21. The first kappa shape index (κ1) is 19.6. The number of likely N-dealkylation sites (tertiary alicyclic amines) is 1. The number of anilines is 1. The van der Waals surface area contributed by atoms with E-state index in [0.29, 0.717) is 11.4 Å². The van der Waals surface area contributed by atoms with Gasteiger partial charge < -0.3 is 19.5 Å². The normalized spacial score (nSPS) is 17.5. The van der Waals surface area contributed by atoms with Crippen molar-refractivity contribution in [2.24, 2.45) is 0 Å². The Kier molecular flexibility index (Phi) is 6.24. The molecule has 2 aromatic heterocycles. The van der Waals surface area contributed by atoms with E-state index in [4.69, 9.17) is 9.26 Å². The molecule has 0 saturated carbocycles. The molecule has 29 heavy (non-hydrogen) atoms. The molecule has 7 nitrogen and oxygen atoms in total. The SMILES string of the molecule is CCC1CCCCN1CCCNc1ncnc2onc(-c3ccccc3OC)c12. The summed E-state index contributed by atoms with van der Waals surface area (Å²) in [5.74, 6) is 1.50. The molecule has 0 bridgehead atoms. The number of hydrogen-bond donors (Lipinski definition) is 1. The molecule has 0 amide bonds. The Hall–Kier alpha value is -2.67. The number of fused-ring (bicyclic) bond motifs is 1. The second-order valence-corrected chi connectivity index (χ2v) is 7.51. The van der Waals surface area contributed by atoms with Crippen LogP contribution in [-0.4, -0.2) is 52.8 Å². The van der Waals surface area contributed by atoms with Gasteiger partial charge in [-0.05, 0) is 44.4 Å². The summed E-state index contributed by atoms with van der Waals surface area (Å²) in [7, 11) is 1.65. The molecule has 0 spiro atoms. The first-order valence-electron chi connectivity index (χ1n) is 10.5. The zero-order valence-electron chi connectivity index (χ0n) is 17.2. The number of ether oxygens (including phenoxy) is 1. The molecule has 1 aromatic carbocycles. The third kappa shape index (κ3) is 4.19. The fraction of sp³-hybridized carbons (Fsp3) is 0.500. The molecule has 1 aliphatic heterocycles. The van der Waals surface area contributed by atoms with E-state index >= 15 is 0 Å². The minimum Gasteiger partial charge on any atom is -0.496 e. The summed E-state index contributed by atoms with van der Waals surface area (Å²) >= 11 is 0. The number of aromatic nitrogens is 3. The third-order valence-electron chi connectivity index (χ3n) is 5.77. The lowest BCUT2D eigenvalue weighted by atomic mass is 10.00. The molecule has 1 fully saturated rings. The summed E-state index contributed by atoms with van der Waals surface area (Å²) in [5.41, 5.74) is 2.04. The second kappa shape index (κ2) is 9.22. The molecule has 0 radical (unpaired) electrons. The molecular formula is C22H29N5O2. The van der Waals surface area contributed by atoms with Crippen LogP contribution in [0.25, 0.3) is 22.4 Å². The monoisotopic (exact) mass is 395 g/mol. The van der Waals surface area contributed by atoms with E-state index in [1.165, 1.54) is 38.6 Å². The van der Waals surface area contributed by atoms with E-state index in [2.05, 4.69) is 32.3 Å². The van der Waals surface area contributed by atoms with Gasteiger partial charge in [0.15, 0.2) is 0 Å². The molecule has 3 heterocycles. The van der Waals surface area contributed by atoms with Crippen molar-refractivity contribution >= 4 is 16.9 Å². The average molecular weight is 396 g/mol. The zero-order valence-corrected chi connectivity index (χ0v) is 17.2. The molecule has 4 rings (SSSR count). The van der Waals surface area contributed by atoms with Gasteiger partial charge in [0.25, 0.3) is 5.71 Å². The number of piperidine rings is 1. The lowest BCUT2D eigenvalue weighted by Gasteiger charge is -2.35. The molecule has 1 N–H and O–H groups in total. The molecule has 1 aliphatic rings. The van der Waals surface area contributed by atoms with Crippen LogP contribution in [0.15, 0.2) is 35.1 Å². The van der Waals surface area contributed by atoms with Gasteiger partial charge in [0.05, 0.1) is 7.11 Å². The Morgan fingerprint density at radius 3 is 3.00 bits per heavy atom. The summed E-state index contributed by atoms with van der Waals surface area (Å²) in [6.45, 7) is 5.47.